The van der Waals surface area contributed by atoms with E-state index < -0.39 is 17.9 Å². The van der Waals surface area contributed by atoms with E-state index in [9.17, 15) is 9.59 Å². The van der Waals surface area contributed by atoms with E-state index in [1.807, 2.05) is 12.1 Å². The molecule has 0 radical (unpaired) electrons. The first-order chi connectivity index (χ1) is 19.2. The fraction of sp³-hybridized carbons (Fsp3) is 0.219. The third-order valence-corrected chi connectivity index (χ3v) is 6.99. The van der Waals surface area contributed by atoms with Crippen LogP contribution >= 0.6 is 11.6 Å². The van der Waals surface area contributed by atoms with E-state index in [-0.39, 0.29) is 23.0 Å². The molecule has 0 unspecified atom stereocenters. The van der Waals surface area contributed by atoms with Gasteiger partial charge in [-0.05, 0) is 73.9 Å². The Labute approximate surface area is 239 Å². The molecule has 0 aliphatic carbocycles. The van der Waals surface area contributed by atoms with Gasteiger partial charge in [0.05, 0.1) is 28.8 Å². The molecule has 4 N–H and O–H groups in total. The number of rotatable bonds is 11. The zero-order valence-electron chi connectivity index (χ0n) is 22.4. The number of carbonyl (C=O) groups excluding carboxylic acids is 2. The van der Waals surface area contributed by atoms with Gasteiger partial charge in [0.25, 0.3) is 5.91 Å². The maximum Gasteiger partial charge on any atom is 0.253 e. The van der Waals surface area contributed by atoms with Crippen LogP contribution in [0.15, 0.2) is 83.3 Å². The number of amides is 2. The first-order valence-electron chi connectivity index (χ1n) is 13.0. The quantitative estimate of drug-likeness (QED) is 0.215. The summed E-state index contributed by atoms with van der Waals surface area (Å²) < 4.78 is 6.06. The van der Waals surface area contributed by atoms with Crippen molar-refractivity contribution in [3.63, 3.8) is 0 Å². The molecule has 2 atom stereocenters. The van der Waals surface area contributed by atoms with Gasteiger partial charge in [-0.25, -0.2) is 0 Å². The van der Waals surface area contributed by atoms with Gasteiger partial charge in [-0.1, -0.05) is 53.6 Å². The third kappa shape index (κ3) is 7.60. The monoisotopic (exact) mass is 554 g/mol. The number of nitrogens with zero attached hydrogens (tertiary/aromatic N) is 1. The van der Waals surface area contributed by atoms with Crippen LogP contribution < -0.4 is 16.4 Å². The van der Waals surface area contributed by atoms with E-state index in [1.165, 1.54) is 11.1 Å². The number of aryl methyl sites for hydroxylation is 1. The van der Waals surface area contributed by atoms with Crippen LogP contribution in [0.1, 0.15) is 57.8 Å². The van der Waals surface area contributed by atoms with Crippen LogP contribution in [-0.2, 0) is 17.8 Å². The Kier molecular flexibility index (Phi) is 9.39. The average Bonchev–Trinajstić information content (AvgIpc) is 3.41. The van der Waals surface area contributed by atoms with Crippen molar-refractivity contribution in [1.29, 1.82) is 5.26 Å². The minimum atomic E-state index is -0.547. The molecule has 4 aromatic rings. The highest BCUT2D eigenvalue weighted by atomic mass is 35.5. The molecule has 1 aromatic heterocycles. The van der Waals surface area contributed by atoms with Gasteiger partial charge < -0.3 is 20.8 Å². The third-order valence-electron chi connectivity index (χ3n) is 6.66. The van der Waals surface area contributed by atoms with E-state index in [2.05, 4.69) is 54.8 Å². The Bertz CT molecular complexity index is 1520. The highest BCUT2D eigenvalue weighted by Gasteiger charge is 2.20. The molecule has 0 aliphatic heterocycles. The van der Waals surface area contributed by atoms with Crippen LogP contribution in [0, 0.1) is 18.3 Å². The van der Waals surface area contributed by atoms with Crippen LogP contribution in [0.25, 0.3) is 11.3 Å². The molecule has 7 nitrogen and oxygen atoms in total. The largest absolute Gasteiger partial charge is 0.460 e. The molecule has 0 bridgehead atoms. The lowest BCUT2D eigenvalue weighted by atomic mass is 10.0. The van der Waals surface area contributed by atoms with Crippen molar-refractivity contribution in [2.75, 3.05) is 0 Å². The standard InChI is InChI=1S/C32H31ClN4O3/c1-20-3-9-24(10-4-20)21(2)36-19-27-12-14-30(40-27)25-11-13-29(33)28(16-25)32(39)37-26(17-31(35)38)15-22-5-7-23(18-34)8-6-22/h3-14,16,21,26,36H,15,17,19H2,1-2H3,(H2,35,38)(H,37,39)/t21-,26-/m1/s1. The molecule has 0 saturated carbocycles. The normalized spacial score (nSPS) is 12.3. The fourth-order valence-corrected chi connectivity index (χ4v) is 4.59. The number of nitrogens with one attached hydrogen (secondary N) is 2. The van der Waals surface area contributed by atoms with Crippen LogP contribution in [0.3, 0.4) is 0 Å². The van der Waals surface area contributed by atoms with Gasteiger partial charge in [-0.2, -0.15) is 5.26 Å². The van der Waals surface area contributed by atoms with Gasteiger partial charge in [0.15, 0.2) is 0 Å². The van der Waals surface area contributed by atoms with Gasteiger partial charge in [0.1, 0.15) is 11.5 Å². The maximum absolute atomic E-state index is 13.2. The lowest BCUT2D eigenvalue weighted by Crippen LogP contribution is -2.39. The molecule has 40 heavy (non-hydrogen) atoms. The summed E-state index contributed by atoms with van der Waals surface area (Å²) in [5.41, 5.74) is 10.2. The summed E-state index contributed by atoms with van der Waals surface area (Å²) in [4.78, 5) is 24.9. The fourth-order valence-electron chi connectivity index (χ4n) is 4.39. The predicted octanol–water partition coefficient (Wildman–Crippen LogP) is 5.85. The average molecular weight is 555 g/mol. The second-order valence-corrected chi connectivity index (χ2v) is 10.2. The number of carbonyl (C=O) groups is 2. The van der Waals surface area contributed by atoms with Crippen molar-refractivity contribution in [3.8, 4) is 17.4 Å². The Morgan fingerprint density at radius 1 is 1.02 bits per heavy atom. The SMILES string of the molecule is Cc1ccc([C@@H](C)NCc2ccc(-c3ccc(Cl)c(C(=O)N[C@@H](CC(N)=O)Cc4ccc(C#N)cc4)c3)o2)cc1. The molecule has 4 rings (SSSR count). The second kappa shape index (κ2) is 13.1. The zero-order valence-corrected chi connectivity index (χ0v) is 23.2. The molecule has 0 fully saturated rings. The van der Waals surface area contributed by atoms with E-state index >= 15 is 0 Å². The summed E-state index contributed by atoms with van der Waals surface area (Å²) >= 11 is 6.40. The van der Waals surface area contributed by atoms with E-state index in [0.29, 0.717) is 29.9 Å². The molecular weight excluding hydrogens is 524 g/mol. The molecule has 1 heterocycles. The van der Waals surface area contributed by atoms with Crippen LogP contribution in [0.4, 0.5) is 0 Å². The molecule has 0 aliphatic rings. The first-order valence-corrected chi connectivity index (χ1v) is 13.4. The summed E-state index contributed by atoms with van der Waals surface area (Å²) in [6.07, 6.45) is 0.325. The van der Waals surface area contributed by atoms with Crippen molar-refractivity contribution in [1.82, 2.24) is 10.6 Å². The highest BCUT2D eigenvalue weighted by Crippen LogP contribution is 2.27. The van der Waals surface area contributed by atoms with Gasteiger partial charge in [0.2, 0.25) is 5.91 Å². The van der Waals surface area contributed by atoms with Crippen LogP contribution in [0.2, 0.25) is 5.02 Å². The summed E-state index contributed by atoms with van der Waals surface area (Å²) in [6, 6.07) is 25.9. The zero-order chi connectivity index (χ0) is 28.6. The Morgan fingerprint density at radius 2 is 1.75 bits per heavy atom. The number of benzene rings is 3. The summed E-state index contributed by atoms with van der Waals surface area (Å²) in [7, 11) is 0. The molecule has 3 aromatic carbocycles. The van der Waals surface area contributed by atoms with E-state index in [1.54, 1.807) is 42.5 Å². The lowest BCUT2D eigenvalue weighted by molar-refractivity contribution is -0.118. The van der Waals surface area contributed by atoms with Crippen molar-refractivity contribution in [3.05, 3.63) is 117 Å². The van der Waals surface area contributed by atoms with Gasteiger partial charge in [-0.15, -0.1) is 0 Å². The number of halogens is 1. The highest BCUT2D eigenvalue weighted by molar-refractivity contribution is 6.34. The molecule has 2 amide bonds. The Morgan fingerprint density at radius 3 is 2.42 bits per heavy atom. The molecule has 0 spiro atoms. The smallest absolute Gasteiger partial charge is 0.253 e. The topological polar surface area (TPSA) is 121 Å². The molecular formula is C32H31ClN4O3. The maximum atomic E-state index is 13.2. The Balaban J connectivity index is 1.44. The summed E-state index contributed by atoms with van der Waals surface area (Å²) in [5, 5.41) is 15.6. The van der Waals surface area contributed by atoms with Crippen molar-refractivity contribution < 1.29 is 14.0 Å². The number of nitriles is 1. The minimum Gasteiger partial charge on any atom is -0.460 e. The van der Waals surface area contributed by atoms with E-state index in [4.69, 9.17) is 27.0 Å². The number of hydrogen-bond donors (Lipinski definition) is 3. The van der Waals surface area contributed by atoms with Gasteiger partial charge in [-0.3, -0.25) is 9.59 Å². The number of hydrogen-bond acceptors (Lipinski definition) is 5. The van der Waals surface area contributed by atoms with Gasteiger partial charge in [0, 0.05) is 24.1 Å². The van der Waals surface area contributed by atoms with E-state index in [0.717, 1.165) is 11.3 Å². The summed E-state index contributed by atoms with van der Waals surface area (Å²) in [5.74, 6) is 0.412. The summed E-state index contributed by atoms with van der Waals surface area (Å²) in [6.45, 7) is 4.71. The Hall–Kier alpha value is -4.38. The number of primary amides is 1. The minimum absolute atomic E-state index is 0.0430. The van der Waals surface area contributed by atoms with Crippen LogP contribution in [0.5, 0.6) is 0 Å². The lowest BCUT2D eigenvalue weighted by Gasteiger charge is -2.18. The molecule has 204 valence electrons. The molecule has 0 saturated heterocycles. The second-order valence-electron chi connectivity index (χ2n) is 9.83. The predicted molar refractivity (Wildman–Crippen MR) is 156 cm³/mol. The molecule has 8 heteroatoms. The number of furan rings is 1. The van der Waals surface area contributed by atoms with Gasteiger partial charge >= 0.3 is 0 Å². The van der Waals surface area contributed by atoms with Crippen molar-refractivity contribution >= 4 is 23.4 Å². The van der Waals surface area contributed by atoms with Crippen molar-refractivity contribution in [2.45, 2.75) is 45.3 Å². The first kappa shape index (κ1) is 28.6. The van der Waals surface area contributed by atoms with Crippen molar-refractivity contribution in [2.24, 2.45) is 5.73 Å². The number of nitrogens with two attached hydrogens (primary N) is 1. The van der Waals surface area contributed by atoms with Crippen LogP contribution in [-0.4, -0.2) is 17.9 Å².